The van der Waals surface area contributed by atoms with Crippen LogP contribution in [0.25, 0.3) is 0 Å². The van der Waals surface area contributed by atoms with Gasteiger partial charge >= 0.3 is 0 Å². The molecule has 0 saturated carbocycles. The van der Waals surface area contributed by atoms with E-state index in [4.69, 9.17) is 0 Å². The lowest BCUT2D eigenvalue weighted by Gasteiger charge is -2.04. The normalized spacial score (nSPS) is 12.2. The molecule has 0 unspecified atom stereocenters. The minimum absolute atomic E-state index is 1.28. The van der Waals surface area contributed by atoms with Crippen LogP contribution in [0, 0.1) is 0 Å². The molecule has 0 heterocycles. The predicted octanol–water partition coefficient (Wildman–Crippen LogP) is 20.2. The lowest BCUT2D eigenvalue weighted by molar-refractivity contribution is 0.520. The molecule has 0 N–H and O–H groups in total. The van der Waals surface area contributed by atoms with Gasteiger partial charge in [-0.25, -0.2) is 0 Å². The Morgan fingerprint density at radius 3 is 0.549 bits per heavy atom. The predicted molar refractivity (Wildman–Crippen MR) is 240 cm³/mol. The van der Waals surface area contributed by atoms with E-state index in [9.17, 15) is 0 Å². The Morgan fingerprint density at radius 2 is 0.373 bits per heavy atom. The summed E-state index contributed by atoms with van der Waals surface area (Å²) in [5.74, 6) is 4.73. The van der Waals surface area contributed by atoms with E-state index in [1.54, 1.807) is 0 Å². The second-order valence-corrected chi connectivity index (χ2v) is 17.5. The zero-order chi connectivity index (χ0) is 36.6. The van der Waals surface area contributed by atoms with E-state index in [2.05, 4.69) is 37.6 Å². The summed E-state index contributed by atoms with van der Waals surface area (Å²) in [6, 6.07) is 0. The molecule has 0 atom stereocenters. The van der Waals surface area contributed by atoms with Gasteiger partial charge < -0.3 is 0 Å². The standard InChI is InChI=1S/C50H98P/c1-3-5-7-9-11-13-15-17-19-21-23-25-27-29-31-33-35-37-39-41-43-45-47-49-51-50-48-46-44-42-40-38-36-34-32-30-28-26-24-22-20-18-16-14-12-10-8-6-4-2/h47-50H,3-46H2,1-2H3. The monoisotopic (exact) mass is 730 g/mol. The van der Waals surface area contributed by atoms with Crippen molar-refractivity contribution in [1.82, 2.24) is 0 Å². The first kappa shape index (κ1) is 50.9. The van der Waals surface area contributed by atoms with Crippen LogP contribution in [0.1, 0.15) is 296 Å². The van der Waals surface area contributed by atoms with Gasteiger partial charge in [-0.2, -0.15) is 0 Å². The highest BCUT2D eigenvalue weighted by atomic mass is 31.1. The molecule has 0 aliphatic carbocycles. The molecular formula is C50H98P. The summed E-state index contributed by atoms with van der Waals surface area (Å²) in [5, 5.41) is 0. The molecule has 0 amide bonds. The molecule has 303 valence electrons. The second-order valence-electron chi connectivity index (χ2n) is 16.6. The minimum Gasteiger partial charge on any atom is -0.0834 e. The molecule has 0 aromatic heterocycles. The summed E-state index contributed by atoms with van der Waals surface area (Å²) >= 11 is 0. The van der Waals surface area contributed by atoms with Gasteiger partial charge in [0.05, 0.1) is 0 Å². The topological polar surface area (TPSA) is 0 Å². The third-order valence-electron chi connectivity index (χ3n) is 11.3. The molecule has 0 bridgehead atoms. The summed E-state index contributed by atoms with van der Waals surface area (Å²) in [5.41, 5.74) is 0. The van der Waals surface area contributed by atoms with Crippen molar-refractivity contribution in [2.45, 2.75) is 296 Å². The quantitative estimate of drug-likeness (QED) is 0.0432. The van der Waals surface area contributed by atoms with Crippen molar-refractivity contribution in [3.05, 3.63) is 23.8 Å². The van der Waals surface area contributed by atoms with Gasteiger partial charge in [0.2, 0.25) is 0 Å². The van der Waals surface area contributed by atoms with Crippen LogP contribution in [0.5, 0.6) is 0 Å². The molecule has 0 aliphatic heterocycles. The molecule has 0 fully saturated rings. The highest BCUT2D eigenvalue weighted by molar-refractivity contribution is 7.45. The zero-order valence-electron chi connectivity index (χ0n) is 35.9. The number of hydrogen-bond acceptors (Lipinski definition) is 0. The van der Waals surface area contributed by atoms with Gasteiger partial charge in [-0.05, 0) is 34.3 Å². The Morgan fingerprint density at radius 1 is 0.216 bits per heavy atom. The Hall–Kier alpha value is -0.0900. The molecule has 0 rings (SSSR count). The van der Waals surface area contributed by atoms with E-state index in [1.807, 2.05) is 0 Å². The Balaban J connectivity index is 3.14. The van der Waals surface area contributed by atoms with Gasteiger partial charge in [0.1, 0.15) is 0 Å². The van der Waals surface area contributed by atoms with Crippen molar-refractivity contribution in [1.29, 1.82) is 0 Å². The summed E-state index contributed by atoms with van der Waals surface area (Å²) in [4.78, 5) is 0. The second kappa shape index (κ2) is 49.9. The summed E-state index contributed by atoms with van der Waals surface area (Å²) in [6.45, 7) is 4.62. The van der Waals surface area contributed by atoms with Gasteiger partial charge in [0, 0.05) is 0 Å². The van der Waals surface area contributed by atoms with Crippen molar-refractivity contribution in [2.24, 2.45) is 0 Å². The fraction of sp³-hybridized carbons (Fsp3) is 0.920. The van der Waals surface area contributed by atoms with Crippen LogP contribution in [0.3, 0.4) is 0 Å². The molecule has 0 aromatic rings. The SMILES string of the molecule is CCCCCCCCCCCCCCCCCCCCCCCC=C[P]C=CCCCCCCCCCCCCCCCCCCCCCCC. The number of hydrogen-bond donors (Lipinski definition) is 0. The van der Waals surface area contributed by atoms with Crippen molar-refractivity contribution in [3.63, 3.8) is 0 Å². The van der Waals surface area contributed by atoms with Gasteiger partial charge in [0.15, 0.2) is 0 Å². The van der Waals surface area contributed by atoms with Crippen LogP contribution in [0.4, 0.5) is 0 Å². The largest absolute Gasteiger partial charge is 0.0834 e. The van der Waals surface area contributed by atoms with Gasteiger partial charge in [-0.3, -0.25) is 0 Å². The lowest BCUT2D eigenvalue weighted by Crippen LogP contribution is -1.84. The molecule has 1 heteroatoms. The maximum absolute atomic E-state index is 2.42. The lowest BCUT2D eigenvalue weighted by atomic mass is 10.0. The Kier molecular flexibility index (Phi) is 49.8. The third kappa shape index (κ3) is 49.9. The van der Waals surface area contributed by atoms with E-state index in [1.165, 1.54) is 291 Å². The van der Waals surface area contributed by atoms with Crippen LogP contribution in [0.2, 0.25) is 0 Å². The Bertz CT molecular complexity index is 581. The van der Waals surface area contributed by atoms with Crippen molar-refractivity contribution in [2.75, 3.05) is 0 Å². The molecule has 0 aliphatic rings. The maximum Gasteiger partial charge on any atom is -0.0267 e. The first-order chi connectivity index (χ1) is 25.4. The van der Waals surface area contributed by atoms with Crippen LogP contribution in [-0.4, -0.2) is 0 Å². The van der Waals surface area contributed by atoms with E-state index in [0.717, 1.165) is 0 Å². The summed E-state index contributed by atoms with van der Waals surface area (Å²) in [7, 11) is 1.38. The fourth-order valence-corrected chi connectivity index (χ4v) is 8.35. The van der Waals surface area contributed by atoms with Crippen molar-refractivity contribution in [3.8, 4) is 0 Å². The smallest absolute Gasteiger partial charge is 0.0267 e. The van der Waals surface area contributed by atoms with E-state index >= 15 is 0 Å². The van der Waals surface area contributed by atoms with Crippen LogP contribution >= 0.6 is 8.58 Å². The molecular weight excluding hydrogens is 632 g/mol. The van der Waals surface area contributed by atoms with Crippen LogP contribution < -0.4 is 0 Å². The van der Waals surface area contributed by atoms with Crippen molar-refractivity contribution < 1.29 is 0 Å². The van der Waals surface area contributed by atoms with E-state index in [0.29, 0.717) is 0 Å². The van der Waals surface area contributed by atoms with Gasteiger partial charge in [-0.15, -0.1) is 0 Å². The average molecular weight is 730 g/mol. The third-order valence-corrected chi connectivity index (χ3v) is 12.1. The van der Waals surface area contributed by atoms with Crippen molar-refractivity contribution >= 4 is 8.58 Å². The molecule has 1 radical (unpaired) electrons. The number of allylic oxidation sites excluding steroid dienone is 2. The molecule has 51 heavy (non-hydrogen) atoms. The molecule has 0 spiro atoms. The van der Waals surface area contributed by atoms with E-state index < -0.39 is 0 Å². The molecule has 0 saturated heterocycles. The molecule has 0 nitrogen and oxygen atoms in total. The summed E-state index contributed by atoms with van der Waals surface area (Å²) in [6.07, 6.45) is 68.9. The van der Waals surface area contributed by atoms with Gasteiger partial charge in [-0.1, -0.05) is 294 Å². The fourth-order valence-electron chi connectivity index (χ4n) is 7.71. The van der Waals surface area contributed by atoms with Crippen LogP contribution in [-0.2, 0) is 0 Å². The number of rotatable bonds is 46. The zero-order valence-corrected chi connectivity index (χ0v) is 36.8. The summed E-state index contributed by atoms with van der Waals surface area (Å²) < 4.78 is 0. The number of unbranched alkanes of at least 4 members (excludes halogenated alkanes) is 42. The van der Waals surface area contributed by atoms with Gasteiger partial charge in [0.25, 0.3) is 0 Å². The maximum atomic E-state index is 2.42. The average Bonchev–Trinajstić information content (AvgIpc) is 3.14. The van der Waals surface area contributed by atoms with Crippen LogP contribution in [0.15, 0.2) is 23.8 Å². The highest BCUT2D eigenvalue weighted by Crippen LogP contribution is 2.19. The molecule has 0 aromatic carbocycles. The van der Waals surface area contributed by atoms with E-state index in [-0.39, 0.29) is 0 Å². The Labute approximate surface area is 327 Å². The first-order valence-corrected chi connectivity index (χ1v) is 25.4. The minimum atomic E-state index is 1.28. The first-order valence-electron chi connectivity index (χ1n) is 24.4. The highest BCUT2D eigenvalue weighted by Gasteiger charge is 1.97.